The van der Waals surface area contributed by atoms with Crippen LogP contribution in [0, 0.1) is 0 Å². The summed E-state index contributed by atoms with van der Waals surface area (Å²) in [5.74, 6) is 1.83. The van der Waals surface area contributed by atoms with Gasteiger partial charge in [0.05, 0.1) is 12.1 Å². The van der Waals surface area contributed by atoms with Crippen LogP contribution in [0.4, 0.5) is 0 Å². The number of imidazole rings is 1. The van der Waals surface area contributed by atoms with Gasteiger partial charge < -0.3 is 9.47 Å². The smallest absolute Gasteiger partial charge is 0.233 e. The van der Waals surface area contributed by atoms with Gasteiger partial charge in [-0.05, 0) is 31.2 Å². The number of thioether (sulfide) groups is 1. The topological polar surface area (TPSA) is 38.1 Å². The molecule has 3 heterocycles. The van der Waals surface area contributed by atoms with Gasteiger partial charge in [0.1, 0.15) is 0 Å². The number of carbonyl (C=O) groups is 1. The molecule has 2 aliphatic heterocycles. The van der Waals surface area contributed by atoms with Crippen LogP contribution in [0.25, 0.3) is 0 Å². The van der Waals surface area contributed by atoms with Gasteiger partial charge in [-0.1, -0.05) is 30.3 Å². The van der Waals surface area contributed by atoms with Crippen LogP contribution in [-0.4, -0.2) is 38.2 Å². The second kappa shape index (κ2) is 7.01. The zero-order valence-electron chi connectivity index (χ0n) is 13.8. The van der Waals surface area contributed by atoms with Gasteiger partial charge in [-0.2, -0.15) is 0 Å². The molecule has 126 valence electrons. The molecule has 2 aromatic rings. The molecule has 0 saturated carbocycles. The van der Waals surface area contributed by atoms with E-state index in [-0.39, 0.29) is 0 Å². The molecule has 4 rings (SSSR count). The van der Waals surface area contributed by atoms with Crippen LogP contribution >= 0.6 is 11.8 Å². The predicted octanol–water partition coefficient (Wildman–Crippen LogP) is 3.51. The SMILES string of the molecule is O=C(CSCc1ccccc1)N1C2CCC1CC(n1ccnc1)C2. The molecule has 1 amide bonds. The Hall–Kier alpha value is -1.75. The summed E-state index contributed by atoms with van der Waals surface area (Å²) in [7, 11) is 0. The molecule has 2 aliphatic rings. The number of nitrogens with zero attached hydrogens (tertiary/aromatic N) is 3. The van der Waals surface area contributed by atoms with E-state index in [1.165, 1.54) is 5.56 Å². The van der Waals surface area contributed by atoms with Crippen LogP contribution in [-0.2, 0) is 10.5 Å². The molecule has 2 unspecified atom stereocenters. The Labute approximate surface area is 147 Å². The standard InChI is InChI=1S/C19H23N3OS/c23-19(13-24-12-15-4-2-1-3-5-15)22-16-6-7-17(22)11-18(10-16)21-9-8-20-14-21/h1-5,8-9,14,16-18H,6-7,10-13H2. The molecule has 0 spiro atoms. The number of aromatic nitrogens is 2. The van der Waals surface area contributed by atoms with Crippen LogP contribution in [0.15, 0.2) is 49.1 Å². The molecular weight excluding hydrogens is 318 g/mol. The van der Waals surface area contributed by atoms with Gasteiger partial charge >= 0.3 is 0 Å². The van der Waals surface area contributed by atoms with Gasteiger partial charge in [-0.15, -0.1) is 11.8 Å². The average Bonchev–Trinajstić information content (AvgIpc) is 3.22. The number of benzene rings is 1. The van der Waals surface area contributed by atoms with E-state index in [1.807, 2.05) is 18.6 Å². The highest BCUT2D eigenvalue weighted by atomic mass is 32.2. The lowest BCUT2D eigenvalue weighted by atomic mass is 9.97. The van der Waals surface area contributed by atoms with E-state index in [9.17, 15) is 4.79 Å². The highest BCUT2D eigenvalue weighted by Gasteiger charge is 2.43. The Kier molecular flexibility index (Phi) is 4.60. The Bertz CT molecular complexity index is 659. The zero-order chi connectivity index (χ0) is 16.4. The van der Waals surface area contributed by atoms with Crippen LogP contribution in [0.5, 0.6) is 0 Å². The summed E-state index contributed by atoms with van der Waals surface area (Å²) in [6.07, 6.45) is 10.3. The zero-order valence-corrected chi connectivity index (χ0v) is 14.6. The third-order valence-corrected chi connectivity index (χ3v) is 6.27. The van der Waals surface area contributed by atoms with Crippen molar-refractivity contribution < 1.29 is 4.79 Å². The molecule has 2 bridgehead atoms. The fourth-order valence-electron chi connectivity index (χ4n) is 4.19. The number of fused-ring (bicyclic) bond motifs is 2. The van der Waals surface area contributed by atoms with Gasteiger partial charge in [0.25, 0.3) is 0 Å². The van der Waals surface area contributed by atoms with E-state index >= 15 is 0 Å². The highest BCUT2D eigenvalue weighted by Crippen LogP contribution is 2.41. The molecular formula is C19H23N3OS. The Morgan fingerprint density at radius 3 is 2.54 bits per heavy atom. The summed E-state index contributed by atoms with van der Waals surface area (Å²) < 4.78 is 2.22. The summed E-state index contributed by atoms with van der Waals surface area (Å²) in [5, 5.41) is 0. The second-order valence-electron chi connectivity index (χ2n) is 6.80. The van der Waals surface area contributed by atoms with E-state index in [2.05, 4.69) is 44.9 Å². The number of carbonyl (C=O) groups excluding carboxylic acids is 1. The number of rotatable bonds is 5. The fourth-order valence-corrected chi connectivity index (χ4v) is 5.04. The summed E-state index contributed by atoms with van der Waals surface area (Å²) in [4.78, 5) is 19.1. The largest absolute Gasteiger partial charge is 0.336 e. The molecule has 0 radical (unpaired) electrons. The molecule has 4 nitrogen and oxygen atoms in total. The maximum Gasteiger partial charge on any atom is 0.233 e. The first-order valence-corrected chi connectivity index (χ1v) is 9.87. The summed E-state index contributed by atoms with van der Waals surface area (Å²) in [5.41, 5.74) is 1.29. The molecule has 1 aromatic heterocycles. The molecule has 2 fully saturated rings. The number of hydrogen-bond donors (Lipinski definition) is 0. The van der Waals surface area contributed by atoms with E-state index in [0.29, 0.717) is 29.8 Å². The van der Waals surface area contributed by atoms with Gasteiger partial charge in [0.2, 0.25) is 5.91 Å². The Morgan fingerprint density at radius 1 is 1.12 bits per heavy atom. The number of hydrogen-bond acceptors (Lipinski definition) is 3. The predicted molar refractivity (Wildman–Crippen MR) is 96.8 cm³/mol. The molecule has 2 atom stereocenters. The minimum atomic E-state index is 0.326. The van der Waals surface area contributed by atoms with Crippen molar-refractivity contribution in [2.45, 2.75) is 49.6 Å². The molecule has 1 aromatic carbocycles. The van der Waals surface area contributed by atoms with Crippen molar-refractivity contribution >= 4 is 17.7 Å². The lowest BCUT2D eigenvalue weighted by Crippen LogP contribution is -2.47. The first-order valence-electron chi connectivity index (χ1n) is 8.71. The molecule has 24 heavy (non-hydrogen) atoms. The summed E-state index contributed by atoms with van der Waals surface area (Å²) in [6.45, 7) is 0. The normalized spacial score (nSPS) is 25.8. The average molecular weight is 341 g/mol. The maximum atomic E-state index is 12.7. The van der Waals surface area contributed by atoms with Crippen LogP contribution in [0.1, 0.15) is 37.3 Å². The van der Waals surface area contributed by atoms with E-state index < -0.39 is 0 Å². The number of piperidine rings is 1. The van der Waals surface area contributed by atoms with Crippen LogP contribution in [0.2, 0.25) is 0 Å². The van der Waals surface area contributed by atoms with Crippen molar-refractivity contribution in [2.75, 3.05) is 5.75 Å². The van der Waals surface area contributed by atoms with Crippen molar-refractivity contribution in [2.24, 2.45) is 0 Å². The second-order valence-corrected chi connectivity index (χ2v) is 7.79. The summed E-state index contributed by atoms with van der Waals surface area (Å²) in [6, 6.07) is 11.7. The van der Waals surface area contributed by atoms with Gasteiger partial charge in [0.15, 0.2) is 0 Å². The molecule has 5 heteroatoms. The Balaban J connectivity index is 1.33. The van der Waals surface area contributed by atoms with Crippen LogP contribution < -0.4 is 0 Å². The molecule has 2 saturated heterocycles. The van der Waals surface area contributed by atoms with E-state index in [4.69, 9.17) is 0 Å². The van der Waals surface area contributed by atoms with Crippen molar-refractivity contribution in [3.05, 3.63) is 54.6 Å². The highest BCUT2D eigenvalue weighted by molar-refractivity contribution is 7.99. The van der Waals surface area contributed by atoms with Gasteiger partial charge in [0, 0.05) is 36.3 Å². The maximum absolute atomic E-state index is 12.7. The summed E-state index contributed by atoms with van der Waals surface area (Å²) >= 11 is 1.73. The first-order chi connectivity index (χ1) is 11.8. The first kappa shape index (κ1) is 15.8. The van der Waals surface area contributed by atoms with Crippen molar-refractivity contribution in [3.8, 4) is 0 Å². The Morgan fingerprint density at radius 2 is 1.88 bits per heavy atom. The third-order valence-electron chi connectivity index (χ3n) is 5.28. The minimum absolute atomic E-state index is 0.326. The fraction of sp³-hybridized carbons (Fsp3) is 0.474. The minimum Gasteiger partial charge on any atom is -0.336 e. The van der Waals surface area contributed by atoms with E-state index in [1.54, 1.807) is 11.8 Å². The van der Waals surface area contributed by atoms with Crippen molar-refractivity contribution in [1.29, 1.82) is 0 Å². The van der Waals surface area contributed by atoms with Gasteiger partial charge in [-0.25, -0.2) is 4.98 Å². The lowest BCUT2D eigenvalue weighted by molar-refractivity contribution is -0.133. The quantitative estimate of drug-likeness (QED) is 0.835. The van der Waals surface area contributed by atoms with Crippen molar-refractivity contribution in [3.63, 3.8) is 0 Å². The lowest BCUT2D eigenvalue weighted by Gasteiger charge is -2.39. The van der Waals surface area contributed by atoms with Crippen LogP contribution in [0.3, 0.4) is 0 Å². The number of amides is 1. The monoisotopic (exact) mass is 341 g/mol. The third kappa shape index (κ3) is 3.22. The van der Waals surface area contributed by atoms with Crippen molar-refractivity contribution in [1.82, 2.24) is 14.5 Å². The molecule has 0 aliphatic carbocycles. The molecule has 0 N–H and O–H groups in total. The van der Waals surface area contributed by atoms with Gasteiger partial charge in [-0.3, -0.25) is 4.79 Å². The van der Waals surface area contributed by atoms with E-state index in [0.717, 1.165) is 31.4 Å².